The summed E-state index contributed by atoms with van der Waals surface area (Å²) < 4.78 is 13.8. The molecule has 7 heteroatoms. The van der Waals surface area contributed by atoms with Crippen LogP contribution in [0.1, 0.15) is 42.6 Å². The highest BCUT2D eigenvalue weighted by Crippen LogP contribution is 2.30. The summed E-state index contributed by atoms with van der Waals surface area (Å²) in [6.45, 7) is 7.28. The van der Waals surface area contributed by atoms with Gasteiger partial charge in [0.05, 0.1) is 37.6 Å². The first-order valence-corrected chi connectivity index (χ1v) is 13.5. The highest BCUT2D eigenvalue weighted by molar-refractivity contribution is 5.80. The molecule has 6 rings (SSSR count). The van der Waals surface area contributed by atoms with Crippen LogP contribution in [0.2, 0.25) is 0 Å². The van der Waals surface area contributed by atoms with E-state index in [4.69, 9.17) is 19.6 Å². The fraction of sp³-hybridized carbons (Fsp3) is 0.400. The van der Waals surface area contributed by atoms with Gasteiger partial charge in [-0.05, 0) is 66.8 Å². The molecule has 37 heavy (non-hydrogen) atoms. The molecule has 1 unspecified atom stereocenters. The Hall–Kier alpha value is -3.58. The standard InChI is InChI=1S/C30H35N5O2/c1-2-28(23-5-3-7-26(19-23)34-14-17-36-18-15-34)35-29-11-10-27(20-24(29)21-32-35)37-16-12-25-9-8-22-6-4-13-31-30(22)33-25/h3,5,7-11,19-21,28H,2,4,6,12-18H2,1H3,(H,31,33). The second kappa shape index (κ2) is 10.8. The molecule has 2 aromatic carbocycles. The first kappa shape index (κ1) is 23.8. The van der Waals surface area contributed by atoms with Gasteiger partial charge in [0, 0.05) is 42.8 Å². The third-order valence-corrected chi connectivity index (χ3v) is 7.46. The van der Waals surface area contributed by atoms with Crippen molar-refractivity contribution in [3.05, 3.63) is 77.6 Å². The Bertz CT molecular complexity index is 1360. The average Bonchev–Trinajstić information content (AvgIpc) is 3.37. The van der Waals surface area contributed by atoms with E-state index in [0.29, 0.717) is 6.61 Å². The minimum Gasteiger partial charge on any atom is -0.493 e. The van der Waals surface area contributed by atoms with Gasteiger partial charge in [0.2, 0.25) is 0 Å². The highest BCUT2D eigenvalue weighted by Gasteiger charge is 2.18. The Kier molecular flexibility index (Phi) is 6.95. The predicted octanol–water partition coefficient (Wildman–Crippen LogP) is 5.25. The molecular formula is C30H35N5O2. The van der Waals surface area contributed by atoms with E-state index in [9.17, 15) is 0 Å². The largest absolute Gasteiger partial charge is 0.493 e. The molecule has 0 amide bonds. The molecule has 4 heterocycles. The maximum Gasteiger partial charge on any atom is 0.129 e. The summed E-state index contributed by atoms with van der Waals surface area (Å²) in [5.74, 6) is 1.91. The van der Waals surface area contributed by atoms with Crippen molar-refractivity contribution in [3.8, 4) is 5.75 Å². The summed E-state index contributed by atoms with van der Waals surface area (Å²) in [5, 5.41) is 9.31. The number of rotatable bonds is 8. The summed E-state index contributed by atoms with van der Waals surface area (Å²) in [6.07, 6.45) is 5.98. The zero-order valence-electron chi connectivity index (χ0n) is 21.5. The topological polar surface area (TPSA) is 64.4 Å². The van der Waals surface area contributed by atoms with Crippen molar-refractivity contribution in [3.63, 3.8) is 0 Å². The van der Waals surface area contributed by atoms with E-state index in [1.165, 1.54) is 23.2 Å². The molecule has 7 nitrogen and oxygen atoms in total. The van der Waals surface area contributed by atoms with Gasteiger partial charge in [0.25, 0.3) is 0 Å². The molecule has 0 aliphatic carbocycles. The smallest absolute Gasteiger partial charge is 0.129 e. The van der Waals surface area contributed by atoms with Crippen LogP contribution in [0.4, 0.5) is 11.5 Å². The van der Waals surface area contributed by atoms with Crippen molar-refractivity contribution in [1.29, 1.82) is 0 Å². The summed E-state index contributed by atoms with van der Waals surface area (Å²) in [7, 11) is 0. The van der Waals surface area contributed by atoms with Crippen LogP contribution < -0.4 is 15.0 Å². The molecule has 1 saturated heterocycles. The number of anilines is 2. The number of nitrogens with zero attached hydrogens (tertiary/aromatic N) is 4. The minimum absolute atomic E-state index is 0.175. The van der Waals surface area contributed by atoms with E-state index < -0.39 is 0 Å². The number of hydrogen-bond acceptors (Lipinski definition) is 6. The van der Waals surface area contributed by atoms with Gasteiger partial charge < -0.3 is 19.7 Å². The zero-order chi connectivity index (χ0) is 25.0. The number of pyridine rings is 1. The summed E-state index contributed by atoms with van der Waals surface area (Å²) in [4.78, 5) is 7.18. The van der Waals surface area contributed by atoms with Crippen LogP contribution in [0.3, 0.4) is 0 Å². The number of aromatic nitrogens is 3. The number of hydrogen-bond donors (Lipinski definition) is 1. The van der Waals surface area contributed by atoms with Crippen molar-refractivity contribution in [2.75, 3.05) is 49.7 Å². The van der Waals surface area contributed by atoms with E-state index >= 15 is 0 Å². The van der Waals surface area contributed by atoms with Crippen LogP contribution in [0, 0.1) is 0 Å². The third-order valence-electron chi connectivity index (χ3n) is 7.46. The van der Waals surface area contributed by atoms with Gasteiger partial charge in [-0.2, -0.15) is 5.10 Å². The van der Waals surface area contributed by atoms with Gasteiger partial charge in [0.1, 0.15) is 11.6 Å². The number of ether oxygens (including phenoxy) is 2. The molecule has 1 atom stereocenters. The molecule has 1 N–H and O–H groups in total. The molecule has 1 fully saturated rings. The second-order valence-corrected chi connectivity index (χ2v) is 9.87. The van der Waals surface area contributed by atoms with E-state index in [-0.39, 0.29) is 6.04 Å². The number of morpholine rings is 1. The van der Waals surface area contributed by atoms with E-state index in [1.54, 1.807) is 0 Å². The quantitative estimate of drug-likeness (QED) is 0.359. The lowest BCUT2D eigenvalue weighted by atomic mass is 10.0. The first-order valence-electron chi connectivity index (χ1n) is 13.5. The van der Waals surface area contributed by atoms with Crippen LogP contribution in [0.5, 0.6) is 5.75 Å². The van der Waals surface area contributed by atoms with Gasteiger partial charge in [-0.3, -0.25) is 4.68 Å². The van der Waals surface area contributed by atoms with Crippen LogP contribution in [-0.4, -0.2) is 54.2 Å². The van der Waals surface area contributed by atoms with Gasteiger partial charge >= 0.3 is 0 Å². The maximum absolute atomic E-state index is 6.11. The molecule has 0 radical (unpaired) electrons. The van der Waals surface area contributed by atoms with Crippen LogP contribution in [0.15, 0.2) is 60.8 Å². The van der Waals surface area contributed by atoms with E-state index in [2.05, 4.69) is 76.4 Å². The number of fused-ring (bicyclic) bond motifs is 2. The summed E-state index contributed by atoms with van der Waals surface area (Å²) in [5.41, 5.74) is 6.04. The van der Waals surface area contributed by atoms with Crippen molar-refractivity contribution >= 4 is 22.4 Å². The Balaban J connectivity index is 1.15. The number of aryl methyl sites for hydroxylation is 1. The van der Waals surface area contributed by atoms with Crippen LogP contribution >= 0.6 is 0 Å². The summed E-state index contributed by atoms with van der Waals surface area (Å²) in [6, 6.07) is 19.7. The summed E-state index contributed by atoms with van der Waals surface area (Å²) >= 11 is 0. The van der Waals surface area contributed by atoms with Gasteiger partial charge in [-0.15, -0.1) is 0 Å². The monoisotopic (exact) mass is 497 g/mol. The molecular weight excluding hydrogens is 462 g/mol. The van der Waals surface area contributed by atoms with Crippen LogP contribution in [0.25, 0.3) is 10.9 Å². The maximum atomic E-state index is 6.11. The third kappa shape index (κ3) is 5.14. The molecule has 2 aliphatic rings. The normalized spacial score (nSPS) is 16.3. The first-order chi connectivity index (χ1) is 18.3. The fourth-order valence-corrected chi connectivity index (χ4v) is 5.45. The molecule has 2 aromatic heterocycles. The SMILES string of the molecule is CCC(c1cccc(N2CCOCC2)c1)n1ncc2cc(OCCc3ccc4c(n3)NCCC4)ccc21. The molecule has 0 spiro atoms. The Labute approximate surface area is 218 Å². The lowest BCUT2D eigenvalue weighted by Gasteiger charge is -2.29. The fourth-order valence-electron chi connectivity index (χ4n) is 5.45. The van der Waals surface area contributed by atoms with E-state index in [1.807, 2.05) is 6.20 Å². The molecule has 0 saturated carbocycles. The second-order valence-electron chi connectivity index (χ2n) is 9.87. The molecule has 192 valence electrons. The Morgan fingerprint density at radius 3 is 2.89 bits per heavy atom. The molecule has 4 aromatic rings. The van der Waals surface area contributed by atoms with Crippen molar-refractivity contribution in [2.24, 2.45) is 0 Å². The predicted molar refractivity (Wildman–Crippen MR) is 148 cm³/mol. The highest BCUT2D eigenvalue weighted by atomic mass is 16.5. The Morgan fingerprint density at radius 1 is 1.08 bits per heavy atom. The Morgan fingerprint density at radius 2 is 2.00 bits per heavy atom. The minimum atomic E-state index is 0.175. The van der Waals surface area contributed by atoms with Gasteiger partial charge in [0.15, 0.2) is 0 Å². The number of nitrogens with one attached hydrogen (secondary N) is 1. The zero-order valence-corrected chi connectivity index (χ0v) is 21.5. The van der Waals surface area contributed by atoms with E-state index in [0.717, 1.165) is 80.3 Å². The lowest BCUT2D eigenvalue weighted by molar-refractivity contribution is 0.122. The molecule has 0 bridgehead atoms. The van der Waals surface area contributed by atoms with Crippen LogP contribution in [-0.2, 0) is 17.6 Å². The molecule has 2 aliphatic heterocycles. The number of benzene rings is 2. The van der Waals surface area contributed by atoms with Gasteiger partial charge in [-0.1, -0.05) is 25.1 Å². The van der Waals surface area contributed by atoms with Crippen molar-refractivity contribution in [2.45, 2.75) is 38.6 Å². The van der Waals surface area contributed by atoms with Crippen molar-refractivity contribution in [1.82, 2.24) is 14.8 Å². The van der Waals surface area contributed by atoms with Gasteiger partial charge in [-0.25, -0.2) is 4.98 Å². The average molecular weight is 498 g/mol. The van der Waals surface area contributed by atoms with Crippen molar-refractivity contribution < 1.29 is 9.47 Å². The lowest BCUT2D eigenvalue weighted by Crippen LogP contribution is -2.36.